The number of hydrogen-bond donors (Lipinski definition) is 2. The molecule has 29 heavy (non-hydrogen) atoms. The second-order valence-electron chi connectivity index (χ2n) is 5.75. The number of nitrogens with one attached hydrogen (secondary N) is 2. The molecule has 148 valence electrons. The number of aromatic nitrogens is 2. The quantitative estimate of drug-likeness (QED) is 0.357. The Morgan fingerprint density at radius 2 is 1.93 bits per heavy atom. The summed E-state index contributed by atoms with van der Waals surface area (Å²) in [6.45, 7) is 0. The van der Waals surface area contributed by atoms with Crippen LogP contribution in [0.1, 0.15) is 5.56 Å². The Morgan fingerprint density at radius 3 is 2.59 bits per heavy atom. The van der Waals surface area contributed by atoms with E-state index in [2.05, 4.69) is 20.5 Å². The van der Waals surface area contributed by atoms with Gasteiger partial charge in [-0.15, -0.1) is 0 Å². The molecule has 2 aromatic carbocycles. The molecule has 0 amide bonds. The van der Waals surface area contributed by atoms with Gasteiger partial charge in [-0.3, -0.25) is 19.9 Å². The number of anilines is 1. The third-order valence-electron chi connectivity index (χ3n) is 3.87. The number of aromatic amines is 1. The molecule has 0 aliphatic rings. The molecule has 0 bridgehead atoms. The number of methoxy groups -OCH3 is 2. The Bertz CT molecular complexity index is 1110. The van der Waals surface area contributed by atoms with Crippen molar-refractivity contribution in [1.82, 2.24) is 9.97 Å². The zero-order chi connectivity index (χ0) is 20.8. The predicted octanol–water partition coefficient (Wildman–Crippen LogP) is 2.81. The fraction of sp³-hybridized carbons (Fsp3) is 0.105. The summed E-state index contributed by atoms with van der Waals surface area (Å²) in [5.41, 5.74) is 3.66. The topological polar surface area (TPSA) is 132 Å². The van der Waals surface area contributed by atoms with Crippen LogP contribution in [-0.4, -0.2) is 35.3 Å². The van der Waals surface area contributed by atoms with E-state index in [4.69, 9.17) is 9.47 Å². The molecule has 10 heteroatoms. The molecule has 0 saturated carbocycles. The average Bonchev–Trinajstić information content (AvgIpc) is 2.73. The molecule has 0 aliphatic carbocycles. The Hall–Kier alpha value is -4.21. The zero-order valence-corrected chi connectivity index (χ0v) is 15.6. The predicted molar refractivity (Wildman–Crippen MR) is 108 cm³/mol. The molecule has 3 rings (SSSR count). The molecule has 1 heterocycles. The van der Waals surface area contributed by atoms with Gasteiger partial charge < -0.3 is 9.47 Å². The first-order chi connectivity index (χ1) is 14.0. The Balaban J connectivity index is 1.87. The summed E-state index contributed by atoms with van der Waals surface area (Å²) in [6.07, 6.45) is 1.34. The van der Waals surface area contributed by atoms with E-state index in [0.29, 0.717) is 11.3 Å². The van der Waals surface area contributed by atoms with Gasteiger partial charge in [0.1, 0.15) is 0 Å². The van der Waals surface area contributed by atoms with Crippen molar-refractivity contribution in [2.45, 2.75) is 0 Å². The van der Waals surface area contributed by atoms with Crippen LogP contribution in [0.3, 0.4) is 0 Å². The largest absolute Gasteiger partial charge is 0.493 e. The van der Waals surface area contributed by atoms with Gasteiger partial charge in [-0.05, 0) is 6.07 Å². The number of hydrazone groups is 1. The molecule has 0 atom stereocenters. The van der Waals surface area contributed by atoms with Gasteiger partial charge in [-0.2, -0.15) is 5.10 Å². The standard InChI is InChI=1S/C19H17N5O5/c1-28-16-9-12(8-15(24(26)27)18(16)29-2)11-20-23-19-21-14(10-17(25)22-19)13-6-4-3-5-7-13/h3-11H,1-2H3,(H2,21,22,23,25)/b20-11-. The number of H-pyrrole nitrogens is 1. The number of hydrogen-bond acceptors (Lipinski definition) is 8. The average molecular weight is 395 g/mol. The smallest absolute Gasteiger partial charge is 0.315 e. The first-order valence-electron chi connectivity index (χ1n) is 8.38. The molecule has 10 nitrogen and oxygen atoms in total. The molecule has 0 unspecified atom stereocenters. The van der Waals surface area contributed by atoms with Crippen LogP contribution in [0.2, 0.25) is 0 Å². The molecular formula is C19H17N5O5. The number of nitrogens with zero attached hydrogens (tertiary/aromatic N) is 3. The van der Waals surface area contributed by atoms with Crippen LogP contribution in [0.15, 0.2) is 58.4 Å². The molecule has 0 spiro atoms. The summed E-state index contributed by atoms with van der Waals surface area (Å²) in [4.78, 5) is 29.4. The third kappa shape index (κ3) is 4.56. The number of nitro benzene ring substituents is 1. The van der Waals surface area contributed by atoms with Crippen molar-refractivity contribution in [2.24, 2.45) is 5.10 Å². The van der Waals surface area contributed by atoms with E-state index in [9.17, 15) is 14.9 Å². The molecular weight excluding hydrogens is 378 g/mol. The lowest BCUT2D eigenvalue weighted by Gasteiger charge is -2.08. The Morgan fingerprint density at radius 1 is 1.17 bits per heavy atom. The summed E-state index contributed by atoms with van der Waals surface area (Å²) in [7, 11) is 2.70. The summed E-state index contributed by atoms with van der Waals surface area (Å²) in [5, 5.41) is 15.3. The second-order valence-corrected chi connectivity index (χ2v) is 5.75. The molecule has 1 aromatic heterocycles. The molecule has 0 aliphatic heterocycles. The van der Waals surface area contributed by atoms with Gasteiger partial charge in [-0.25, -0.2) is 10.4 Å². The SMILES string of the molecule is COc1cc(/C=N\Nc2nc(-c3ccccc3)cc(=O)[nH]2)cc([N+](=O)[O-])c1OC. The molecule has 3 aromatic rings. The van der Waals surface area contributed by atoms with Gasteiger partial charge in [0.25, 0.3) is 5.56 Å². The van der Waals surface area contributed by atoms with E-state index in [1.807, 2.05) is 30.3 Å². The van der Waals surface area contributed by atoms with E-state index in [1.165, 1.54) is 38.6 Å². The zero-order valence-electron chi connectivity index (χ0n) is 15.6. The van der Waals surface area contributed by atoms with E-state index < -0.39 is 4.92 Å². The van der Waals surface area contributed by atoms with Gasteiger partial charge in [0.15, 0.2) is 5.75 Å². The van der Waals surface area contributed by atoms with Gasteiger partial charge in [-0.1, -0.05) is 30.3 Å². The van der Waals surface area contributed by atoms with Crippen molar-refractivity contribution in [3.05, 3.63) is 74.6 Å². The van der Waals surface area contributed by atoms with Crippen molar-refractivity contribution in [2.75, 3.05) is 19.6 Å². The van der Waals surface area contributed by atoms with Gasteiger partial charge >= 0.3 is 5.69 Å². The highest BCUT2D eigenvalue weighted by atomic mass is 16.6. The number of benzene rings is 2. The second kappa shape index (κ2) is 8.65. The van der Waals surface area contributed by atoms with Crippen molar-refractivity contribution in [3.63, 3.8) is 0 Å². The highest BCUT2D eigenvalue weighted by molar-refractivity contribution is 5.83. The third-order valence-corrected chi connectivity index (χ3v) is 3.87. The van der Waals surface area contributed by atoms with Crippen LogP contribution in [0.4, 0.5) is 11.6 Å². The number of nitro groups is 1. The first-order valence-corrected chi connectivity index (χ1v) is 8.38. The van der Waals surface area contributed by atoms with E-state index in [-0.39, 0.29) is 28.7 Å². The van der Waals surface area contributed by atoms with Crippen LogP contribution in [0.25, 0.3) is 11.3 Å². The molecule has 0 fully saturated rings. The maximum absolute atomic E-state index is 11.9. The lowest BCUT2D eigenvalue weighted by Crippen LogP contribution is -2.10. The maximum Gasteiger partial charge on any atom is 0.315 e. The molecule has 0 saturated heterocycles. The van der Waals surface area contributed by atoms with Crippen molar-refractivity contribution >= 4 is 17.9 Å². The van der Waals surface area contributed by atoms with Crippen LogP contribution < -0.4 is 20.5 Å². The lowest BCUT2D eigenvalue weighted by molar-refractivity contribution is -0.385. The Labute approximate surface area is 165 Å². The van der Waals surface area contributed by atoms with Crippen molar-refractivity contribution in [3.8, 4) is 22.8 Å². The minimum Gasteiger partial charge on any atom is -0.493 e. The van der Waals surface area contributed by atoms with E-state index >= 15 is 0 Å². The van der Waals surface area contributed by atoms with Gasteiger partial charge in [0.2, 0.25) is 11.7 Å². The fourth-order valence-electron chi connectivity index (χ4n) is 2.61. The Kier molecular flexibility index (Phi) is 5.83. The normalized spacial score (nSPS) is 10.7. The van der Waals surface area contributed by atoms with Crippen LogP contribution in [-0.2, 0) is 0 Å². The number of ether oxygens (including phenoxy) is 2. The monoisotopic (exact) mass is 395 g/mol. The minimum absolute atomic E-state index is 0.0177. The lowest BCUT2D eigenvalue weighted by atomic mass is 10.1. The van der Waals surface area contributed by atoms with E-state index in [1.54, 1.807) is 0 Å². The van der Waals surface area contributed by atoms with Crippen LogP contribution >= 0.6 is 0 Å². The summed E-state index contributed by atoms with van der Waals surface area (Å²) in [6, 6.07) is 13.4. The van der Waals surface area contributed by atoms with Gasteiger partial charge in [0, 0.05) is 23.3 Å². The highest BCUT2D eigenvalue weighted by Gasteiger charge is 2.21. The first kappa shape index (κ1) is 19.5. The summed E-state index contributed by atoms with van der Waals surface area (Å²) in [5.74, 6) is 0.340. The maximum atomic E-state index is 11.9. The summed E-state index contributed by atoms with van der Waals surface area (Å²) < 4.78 is 10.2. The molecule has 2 N–H and O–H groups in total. The minimum atomic E-state index is -0.575. The highest BCUT2D eigenvalue weighted by Crippen LogP contribution is 2.37. The van der Waals surface area contributed by atoms with Crippen molar-refractivity contribution in [1.29, 1.82) is 0 Å². The molecule has 0 radical (unpaired) electrons. The number of rotatable bonds is 7. The van der Waals surface area contributed by atoms with Crippen LogP contribution in [0, 0.1) is 10.1 Å². The summed E-state index contributed by atoms with van der Waals surface area (Å²) >= 11 is 0. The van der Waals surface area contributed by atoms with Gasteiger partial charge in [0.05, 0.1) is 31.1 Å². The van der Waals surface area contributed by atoms with E-state index in [0.717, 1.165) is 5.56 Å². The van der Waals surface area contributed by atoms with Crippen LogP contribution in [0.5, 0.6) is 11.5 Å². The fourth-order valence-corrected chi connectivity index (χ4v) is 2.61. The van der Waals surface area contributed by atoms with Crippen molar-refractivity contribution < 1.29 is 14.4 Å².